The SMILES string of the molecule is COc1ccc(/C=C2/Oc3c(ccc(O)c3CN(C)C)C2=O)c(OC)c1. The fraction of sp³-hybridized carbons (Fsp3) is 0.250. The zero-order chi connectivity index (χ0) is 18.8. The Hall–Kier alpha value is -2.99. The van der Waals surface area contributed by atoms with Gasteiger partial charge in [-0.3, -0.25) is 4.79 Å². The zero-order valence-corrected chi connectivity index (χ0v) is 15.2. The Bertz CT molecular complexity index is 886. The molecule has 2 aromatic carbocycles. The molecule has 1 aliphatic rings. The van der Waals surface area contributed by atoms with Crippen molar-refractivity contribution in [2.24, 2.45) is 0 Å². The molecule has 0 unspecified atom stereocenters. The van der Waals surface area contributed by atoms with Crippen molar-refractivity contribution in [3.05, 3.63) is 52.8 Å². The lowest BCUT2D eigenvalue weighted by atomic mass is 10.0. The lowest BCUT2D eigenvalue weighted by Crippen LogP contribution is -2.11. The maximum Gasteiger partial charge on any atom is 0.231 e. The van der Waals surface area contributed by atoms with E-state index in [1.165, 1.54) is 6.07 Å². The van der Waals surface area contributed by atoms with Gasteiger partial charge in [0.05, 0.1) is 25.3 Å². The molecule has 0 amide bonds. The van der Waals surface area contributed by atoms with Gasteiger partial charge in [0.2, 0.25) is 5.78 Å². The number of hydrogen-bond acceptors (Lipinski definition) is 6. The van der Waals surface area contributed by atoms with E-state index in [0.717, 1.165) is 0 Å². The number of Topliss-reactive ketones (excluding diaryl/α,β-unsaturated/α-hetero) is 1. The summed E-state index contributed by atoms with van der Waals surface area (Å²) in [5, 5.41) is 10.2. The van der Waals surface area contributed by atoms with Gasteiger partial charge in [0.1, 0.15) is 23.0 Å². The van der Waals surface area contributed by atoms with Crippen LogP contribution < -0.4 is 14.2 Å². The van der Waals surface area contributed by atoms with Crippen molar-refractivity contribution in [3.8, 4) is 23.0 Å². The number of allylic oxidation sites excluding steroid dienone is 1. The minimum atomic E-state index is -0.224. The summed E-state index contributed by atoms with van der Waals surface area (Å²) in [6.45, 7) is 0.460. The number of hydrogen-bond donors (Lipinski definition) is 1. The van der Waals surface area contributed by atoms with Crippen molar-refractivity contribution >= 4 is 11.9 Å². The molecule has 0 atom stereocenters. The molecule has 0 aliphatic carbocycles. The van der Waals surface area contributed by atoms with Crippen LogP contribution in [0.3, 0.4) is 0 Å². The van der Waals surface area contributed by atoms with E-state index < -0.39 is 0 Å². The summed E-state index contributed by atoms with van der Waals surface area (Å²) in [5.74, 6) is 1.70. The molecule has 1 N–H and O–H groups in total. The minimum Gasteiger partial charge on any atom is -0.507 e. The third-order valence-corrected chi connectivity index (χ3v) is 4.12. The van der Waals surface area contributed by atoms with Crippen molar-refractivity contribution in [2.45, 2.75) is 6.54 Å². The number of methoxy groups -OCH3 is 2. The summed E-state index contributed by atoms with van der Waals surface area (Å²) in [6, 6.07) is 8.42. The van der Waals surface area contributed by atoms with Gasteiger partial charge in [0.25, 0.3) is 0 Å². The highest BCUT2D eigenvalue weighted by Crippen LogP contribution is 2.40. The maximum absolute atomic E-state index is 12.7. The van der Waals surface area contributed by atoms with E-state index in [1.54, 1.807) is 44.6 Å². The Labute approximate surface area is 152 Å². The van der Waals surface area contributed by atoms with Gasteiger partial charge in [-0.2, -0.15) is 0 Å². The Morgan fingerprint density at radius 3 is 2.58 bits per heavy atom. The number of nitrogens with zero attached hydrogens (tertiary/aromatic N) is 1. The first kappa shape index (κ1) is 17.8. The Balaban J connectivity index is 2.02. The van der Waals surface area contributed by atoms with Gasteiger partial charge in [0, 0.05) is 18.2 Å². The molecule has 136 valence electrons. The van der Waals surface area contributed by atoms with Crippen molar-refractivity contribution in [2.75, 3.05) is 28.3 Å². The summed E-state index contributed by atoms with van der Waals surface area (Å²) < 4.78 is 16.4. The van der Waals surface area contributed by atoms with E-state index >= 15 is 0 Å². The van der Waals surface area contributed by atoms with Crippen LogP contribution in [0.25, 0.3) is 6.08 Å². The van der Waals surface area contributed by atoms with Crippen molar-refractivity contribution < 1.29 is 24.1 Å². The van der Waals surface area contributed by atoms with Crippen LogP contribution in [0.1, 0.15) is 21.5 Å². The standard InChI is InChI=1S/C20H21NO5/c1-21(2)11-15-16(22)8-7-14-19(23)18(26-20(14)15)9-12-5-6-13(24-3)10-17(12)25-4/h5-10,22H,11H2,1-4H3/b18-9+. The van der Waals surface area contributed by atoms with Crippen LogP contribution in [0.15, 0.2) is 36.1 Å². The fourth-order valence-corrected chi connectivity index (χ4v) is 2.84. The molecule has 0 aromatic heterocycles. The molecule has 6 nitrogen and oxygen atoms in total. The van der Waals surface area contributed by atoms with Gasteiger partial charge >= 0.3 is 0 Å². The Morgan fingerprint density at radius 1 is 1.15 bits per heavy atom. The molecular formula is C20H21NO5. The fourth-order valence-electron chi connectivity index (χ4n) is 2.84. The predicted molar refractivity (Wildman–Crippen MR) is 98.0 cm³/mol. The highest BCUT2D eigenvalue weighted by atomic mass is 16.5. The monoisotopic (exact) mass is 355 g/mol. The first-order chi connectivity index (χ1) is 12.4. The number of fused-ring (bicyclic) bond motifs is 1. The molecule has 0 saturated carbocycles. The normalized spacial score (nSPS) is 14.5. The van der Waals surface area contributed by atoms with Crippen LogP contribution in [0.2, 0.25) is 0 Å². The number of ketones is 1. The van der Waals surface area contributed by atoms with Crippen LogP contribution in [-0.4, -0.2) is 44.1 Å². The van der Waals surface area contributed by atoms with E-state index in [-0.39, 0.29) is 17.3 Å². The summed E-state index contributed by atoms with van der Waals surface area (Å²) in [7, 11) is 6.89. The van der Waals surface area contributed by atoms with E-state index in [0.29, 0.717) is 40.5 Å². The van der Waals surface area contributed by atoms with Gasteiger partial charge in [-0.25, -0.2) is 0 Å². The third-order valence-electron chi connectivity index (χ3n) is 4.12. The highest BCUT2D eigenvalue weighted by molar-refractivity contribution is 6.15. The lowest BCUT2D eigenvalue weighted by Gasteiger charge is -2.14. The second-order valence-corrected chi connectivity index (χ2v) is 6.23. The average Bonchev–Trinajstić information content (AvgIpc) is 2.93. The molecule has 3 rings (SSSR count). The molecule has 0 saturated heterocycles. The number of benzene rings is 2. The number of ether oxygens (including phenoxy) is 3. The number of aromatic hydroxyl groups is 1. The van der Waals surface area contributed by atoms with Crippen molar-refractivity contribution in [1.29, 1.82) is 0 Å². The number of phenols is 1. The molecule has 1 heterocycles. The molecule has 0 fully saturated rings. The Morgan fingerprint density at radius 2 is 1.92 bits per heavy atom. The number of carbonyl (C=O) groups is 1. The maximum atomic E-state index is 12.7. The van der Waals surface area contributed by atoms with Gasteiger partial charge in [-0.15, -0.1) is 0 Å². The molecule has 6 heteroatoms. The second-order valence-electron chi connectivity index (χ2n) is 6.23. The van der Waals surface area contributed by atoms with Crippen LogP contribution in [0.4, 0.5) is 0 Å². The highest BCUT2D eigenvalue weighted by Gasteiger charge is 2.31. The Kier molecular flexibility index (Phi) is 4.86. The van der Waals surface area contributed by atoms with Crippen LogP contribution >= 0.6 is 0 Å². The lowest BCUT2D eigenvalue weighted by molar-refractivity contribution is 0.101. The first-order valence-electron chi connectivity index (χ1n) is 8.10. The van der Waals surface area contributed by atoms with Crippen LogP contribution in [0, 0.1) is 0 Å². The summed E-state index contributed by atoms with van der Waals surface area (Å²) in [4.78, 5) is 14.6. The first-order valence-corrected chi connectivity index (χ1v) is 8.10. The molecule has 26 heavy (non-hydrogen) atoms. The topological polar surface area (TPSA) is 68.2 Å². The van der Waals surface area contributed by atoms with E-state index in [4.69, 9.17) is 14.2 Å². The van der Waals surface area contributed by atoms with Crippen molar-refractivity contribution in [3.63, 3.8) is 0 Å². The number of carbonyl (C=O) groups excluding carboxylic acids is 1. The van der Waals surface area contributed by atoms with Gasteiger partial charge in [-0.05, 0) is 44.4 Å². The molecular weight excluding hydrogens is 334 g/mol. The van der Waals surface area contributed by atoms with Gasteiger partial charge in [-0.1, -0.05) is 0 Å². The summed E-state index contributed by atoms with van der Waals surface area (Å²) in [5.41, 5.74) is 1.73. The largest absolute Gasteiger partial charge is 0.507 e. The molecule has 0 radical (unpaired) electrons. The third kappa shape index (κ3) is 3.23. The number of phenolic OH excluding ortho intramolecular Hbond substituents is 1. The zero-order valence-electron chi connectivity index (χ0n) is 15.2. The predicted octanol–water partition coefficient (Wildman–Crippen LogP) is 3.09. The van der Waals surface area contributed by atoms with E-state index in [9.17, 15) is 9.90 Å². The van der Waals surface area contributed by atoms with Gasteiger partial charge in [0.15, 0.2) is 5.76 Å². The van der Waals surface area contributed by atoms with E-state index in [2.05, 4.69) is 0 Å². The summed E-state index contributed by atoms with van der Waals surface area (Å²) in [6.07, 6.45) is 1.64. The van der Waals surface area contributed by atoms with Gasteiger partial charge < -0.3 is 24.2 Å². The average molecular weight is 355 g/mol. The second kappa shape index (κ2) is 7.09. The summed E-state index contributed by atoms with van der Waals surface area (Å²) >= 11 is 0. The number of rotatable bonds is 5. The van der Waals surface area contributed by atoms with E-state index in [1.807, 2.05) is 19.0 Å². The smallest absolute Gasteiger partial charge is 0.231 e. The molecule has 2 aromatic rings. The molecule has 0 bridgehead atoms. The molecule has 0 spiro atoms. The molecule has 1 aliphatic heterocycles. The van der Waals surface area contributed by atoms with Crippen LogP contribution in [0.5, 0.6) is 23.0 Å². The van der Waals surface area contributed by atoms with Crippen LogP contribution in [-0.2, 0) is 6.54 Å². The van der Waals surface area contributed by atoms with Crippen molar-refractivity contribution in [1.82, 2.24) is 4.90 Å². The quantitative estimate of drug-likeness (QED) is 0.832. The minimum absolute atomic E-state index is 0.105.